The maximum Gasteiger partial charge on any atom is 0.240 e. The number of rotatable bonds is 4. The number of amidine groups is 1. The van der Waals surface area contributed by atoms with Crippen molar-refractivity contribution in [3.8, 4) is 0 Å². The van der Waals surface area contributed by atoms with Gasteiger partial charge in [-0.05, 0) is 69.0 Å². The predicted octanol–water partition coefficient (Wildman–Crippen LogP) is 4.48. The minimum Gasteiger partial charge on any atom is -0.326 e. The minimum absolute atomic E-state index is 0.106. The van der Waals surface area contributed by atoms with Gasteiger partial charge < -0.3 is 10.6 Å². The molecule has 1 heterocycles. The summed E-state index contributed by atoms with van der Waals surface area (Å²) in [6.45, 7) is 10.1. The van der Waals surface area contributed by atoms with Crippen LogP contribution in [0.1, 0.15) is 34.2 Å². The van der Waals surface area contributed by atoms with Crippen LogP contribution in [-0.4, -0.2) is 22.2 Å². The van der Waals surface area contributed by atoms with E-state index >= 15 is 0 Å². The Labute approximate surface area is 170 Å². The van der Waals surface area contributed by atoms with E-state index in [2.05, 4.69) is 15.6 Å². The number of hydrogen-bond acceptors (Lipinski definition) is 4. The van der Waals surface area contributed by atoms with Crippen LogP contribution in [0, 0.1) is 34.6 Å². The lowest BCUT2D eigenvalue weighted by Crippen LogP contribution is -2.28. The van der Waals surface area contributed by atoms with Crippen molar-refractivity contribution in [3.05, 3.63) is 58.1 Å². The van der Waals surface area contributed by atoms with Gasteiger partial charge in [-0.1, -0.05) is 35.5 Å². The van der Waals surface area contributed by atoms with Gasteiger partial charge in [0, 0.05) is 12.1 Å². The first-order valence-corrected chi connectivity index (χ1v) is 10.1. The van der Waals surface area contributed by atoms with E-state index in [0.717, 1.165) is 33.6 Å². The summed E-state index contributed by atoms with van der Waals surface area (Å²) in [4.78, 5) is 29.3. The second kappa shape index (κ2) is 8.19. The molecular weight excluding hydrogens is 370 g/mol. The van der Waals surface area contributed by atoms with Gasteiger partial charge in [0.1, 0.15) is 5.25 Å². The summed E-state index contributed by atoms with van der Waals surface area (Å²) in [6, 6.07) is 9.98. The number of benzene rings is 2. The molecule has 0 spiro atoms. The van der Waals surface area contributed by atoms with Crippen LogP contribution < -0.4 is 10.6 Å². The summed E-state index contributed by atoms with van der Waals surface area (Å²) in [5, 5.41) is 5.80. The Balaban J connectivity index is 1.67. The molecule has 28 heavy (non-hydrogen) atoms. The molecule has 2 aromatic carbocycles. The zero-order chi connectivity index (χ0) is 20.4. The van der Waals surface area contributed by atoms with Crippen molar-refractivity contribution in [2.24, 2.45) is 4.99 Å². The Hall–Kier alpha value is -2.60. The van der Waals surface area contributed by atoms with Gasteiger partial charge in [0.2, 0.25) is 11.8 Å². The molecule has 1 atom stereocenters. The Morgan fingerprint density at radius 3 is 2.36 bits per heavy atom. The number of thioether (sulfide) groups is 1. The Morgan fingerprint density at radius 1 is 1.04 bits per heavy atom. The lowest BCUT2D eigenvalue weighted by Gasteiger charge is -2.13. The fraction of sp³-hybridized carbons (Fsp3) is 0.318. The van der Waals surface area contributed by atoms with Gasteiger partial charge in [0.25, 0.3) is 0 Å². The molecular formula is C22H25N3O2S. The van der Waals surface area contributed by atoms with E-state index in [-0.39, 0.29) is 18.2 Å². The van der Waals surface area contributed by atoms with E-state index in [0.29, 0.717) is 5.17 Å². The number of carbonyl (C=O) groups excluding carboxylic acids is 2. The number of anilines is 1. The second-order valence-corrected chi connectivity index (χ2v) is 8.50. The molecule has 0 bridgehead atoms. The standard InChI is InChI=1S/C22H25N3O2S/c1-12-8-15(4)20(16(5)9-12)24-19(26)11-18-21(27)25-22(28-18)23-17-7-6-13(2)14(3)10-17/h6-10,18H,11H2,1-5H3,(H,24,26)(H,23,25,27)/t18-/m0/s1. The maximum atomic E-state index is 12.5. The SMILES string of the molecule is Cc1cc(C)c(NC(=O)C[C@@H]2SC(=Nc3ccc(C)c(C)c3)NC2=O)c(C)c1. The summed E-state index contributed by atoms with van der Waals surface area (Å²) < 4.78 is 0. The normalized spacial score (nSPS) is 17.7. The highest BCUT2D eigenvalue weighted by molar-refractivity contribution is 8.15. The first-order chi connectivity index (χ1) is 13.2. The average molecular weight is 396 g/mol. The molecule has 0 saturated carbocycles. The summed E-state index contributed by atoms with van der Waals surface area (Å²) in [5.41, 5.74) is 7.16. The average Bonchev–Trinajstić information content (AvgIpc) is 2.93. The minimum atomic E-state index is -0.476. The molecule has 6 heteroatoms. The van der Waals surface area contributed by atoms with Crippen LogP contribution in [-0.2, 0) is 9.59 Å². The topological polar surface area (TPSA) is 70.6 Å². The largest absolute Gasteiger partial charge is 0.326 e. The summed E-state index contributed by atoms with van der Waals surface area (Å²) in [6.07, 6.45) is 0.106. The highest BCUT2D eigenvalue weighted by Crippen LogP contribution is 2.27. The van der Waals surface area contributed by atoms with E-state index in [1.165, 1.54) is 17.3 Å². The third-order valence-electron chi connectivity index (χ3n) is 4.81. The number of carbonyl (C=O) groups is 2. The zero-order valence-electron chi connectivity index (χ0n) is 16.8. The van der Waals surface area contributed by atoms with Crippen LogP contribution in [0.3, 0.4) is 0 Å². The van der Waals surface area contributed by atoms with Gasteiger partial charge in [-0.2, -0.15) is 0 Å². The highest BCUT2D eigenvalue weighted by atomic mass is 32.2. The fourth-order valence-electron chi connectivity index (χ4n) is 3.24. The molecule has 2 aromatic rings. The molecule has 1 fully saturated rings. The van der Waals surface area contributed by atoms with Crippen molar-refractivity contribution in [2.45, 2.75) is 46.3 Å². The van der Waals surface area contributed by atoms with Crippen molar-refractivity contribution < 1.29 is 9.59 Å². The van der Waals surface area contributed by atoms with Crippen LogP contribution in [0.4, 0.5) is 11.4 Å². The molecule has 3 rings (SSSR count). The number of amides is 2. The van der Waals surface area contributed by atoms with Crippen molar-refractivity contribution in [1.82, 2.24) is 5.32 Å². The van der Waals surface area contributed by atoms with E-state index in [1.807, 2.05) is 65.0 Å². The Bertz CT molecular complexity index is 959. The zero-order valence-corrected chi connectivity index (χ0v) is 17.7. The van der Waals surface area contributed by atoms with E-state index in [9.17, 15) is 9.59 Å². The third kappa shape index (κ3) is 4.62. The van der Waals surface area contributed by atoms with Gasteiger partial charge in [-0.15, -0.1) is 0 Å². The fourth-order valence-corrected chi connectivity index (χ4v) is 4.23. The van der Waals surface area contributed by atoms with E-state index < -0.39 is 5.25 Å². The number of aryl methyl sites for hydroxylation is 5. The van der Waals surface area contributed by atoms with E-state index in [1.54, 1.807) is 0 Å². The molecule has 0 aliphatic carbocycles. The molecule has 0 aromatic heterocycles. The Morgan fingerprint density at radius 2 is 1.71 bits per heavy atom. The third-order valence-corrected chi connectivity index (χ3v) is 5.89. The molecule has 0 radical (unpaired) electrons. The number of hydrogen-bond donors (Lipinski definition) is 2. The second-order valence-electron chi connectivity index (χ2n) is 7.31. The summed E-state index contributed by atoms with van der Waals surface area (Å²) in [7, 11) is 0. The van der Waals surface area contributed by atoms with Crippen LogP contribution in [0.25, 0.3) is 0 Å². The first kappa shape index (κ1) is 20.1. The molecule has 0 unspecified atom stereocenters. The molecule has 5 nitrogen and oxygen atoms in total. The van der Waals surface area contributed by atoms with Gasteiger partial charge in [0.05, 0.1) is 5.69 Å². The highest BCUT2D eigenvalue weighted by Gasteiger charge is 2.32. The molecule has 2 amide bonds. The van der Waals surface area contributed by atoms with Gasteiger partial charge in [-0.25, -0.2) is 4.99 Å². The lowest BCUT2D eigenvalue weighted by molar-refractivity contribution is -0.122. The van der Waals surface area contributed by atoms with Crippen molar-refractivity contribution >= 4 is 40.1 Å². The molecule has 1 aliphatic rings. The van der Waals surface area contributed by atoms with Crippen LogP contribution in [0.2, 0.25) is 0 Å². The lowest BCUT2D eigenvalue weighted by atomic mass is 10.0. The van der Waals surface area contributed by atoms with Crippen molar-refractivity contribution in [1.29, 1.82) is 0 Å². The summed E-state index contributed by atoms with van der Waals surface area (Å²) >= 11 is 1.30. The van der Waals surface area contributed by atoms with Crippen molar-refractivity contribution in [3.63, 3.8) is 0 Å². The smallest absolute Gasteiger partial charge is 0.240 e. The number of nitrogens with one attached hydrogen (secondary N) is 2. The van der Waals surface area contributed by atoms with Crippen molar-refractivity contribution in [2.75, 3.05) is 5.32 Å². The summed E-state index contributed by atoms with van der Waals surface area (Å²) in [5.74, 6) is -0.352. The quantitative estimate of drug-likeness (QED) is 0.802. The van der Waals surface area contributed by atoms with Crippen LogP contribution in [0.5, 0.6) is 0 Å². The molecule has 1 aliphatic heterocycles. The number of aliphatic imine (C=N–C) groups is 1. The van der Waals surface area contributed by atoms with Crippen LogP contribution >= 0.6 is 11.8 Å². The number of nitrogens with zero attached hydrogens (tertiary/aromatic N) is 1. The molecule has 146 valence electrons. The first-order valence-electron chi connectivity index (χ1n) is 9.24. The molecule has 2 N–H and O–H groups in total. The van der Waals surface area contributed by atoms with Gasteiger partial charge >= 0.3 is 0 Å². The van der Waals surface area contributed by atoms with Crippen LogP contribution in [0.15, 0.2) is 35.3 Å². The Kier molecular flexibility index (Phi) is 5.89. The maximum absolute atomic E-state index is 12.5. The molecule has 1 saturated heterocycles. The van der Waals surface area contributed by atoms with Gasteiger partial charge in [0.15, 0.2) is 5.17 Å². The van der Waals surface area contributed by atoms with E-state index in [4.69, 9.17) is 0 Å². The predicted molar refractivity (Wildman–Crippen MR) is 116 cm³/mol. The van der Waals surface area contributed by atoms with Gasteiger partial charge in [-0.3, -0.25) is 9.59 Å². The monoisotopic (exact) mass is 395 g/mol.